The average Bonchev–Trinajstić information content (AvgIpc) is 2.26. The van der Waals surface area contributed by atoms with Gasteiger partial charge >= 0.3 is 0 Å². The van der Waals surface area contributed by atoms with Crippen LogP contribution in [0.15, 0.2) is 0 Å². The largest absolute Gasteiger partial charge is 0.380 e. The van der Waals surface area contributed by atoms with Crippen LogP contribution in [0.2, 0.25) is 0 Å². The van der Waals surface area contributed by atoms with Crippen molar-refractivity contribution in [3.63, 3.8) is 0 Å². The maximum Gasteiger partial charge on any atom is 0.137 e. The van der Waals surface area contributed by atoms with E-state index in [1.807, 2.05) is 13.8 Å². The molecule has 92 valence electrons. The van der Waals surface area contributed by atoms with E-state index in [0.717, 1.165) is 25.9 Å². The molecule has 1 unspecified atom stereocenters. The zero-order valence-electron chi connectivity index (χ0n) is 10.3. The van der Waals surface area contributed by atoms with Gasteiger partial charge in [-0.25, -0.2) is 0 Å². The Morgan fingerprint density at radius 2 is 2.07 bits per heavy atom. The molecule has 0 aromatic rings. The van der Waals surface area contributed by atoms with Crippen LogP contribution in [0.25, 0.3) is 0 Å². The van der Waals surface area contributed by atoms with Crippen LogP contribution in [0.1, 0.15) is 41.5 Å². The maximum absolute atomic E-state index is 11.4. The standard InChI is InChI=1S/C12H25NO2.H2/c1-4-7-13-8-10-15-9-6-12(14)11(3)5-2;/h11,13H,4-10H2,1-3H3;1H. The minimum atomic E-state index is 0. The number of hydrogen-bond acceptors (Lipinski definition) is 3. The first-order valence-corrected chi connectivity index (χ1v) is 6.03. The summed E-state index contributed by atoms with van der Waals surface area (Å²) in [6.45, 7) is 9.34. The molecule has 0 aliphatic rings. The van der Waals surface area contributed by atoms with Crippen LogP contribution in [-0.2, 0) is 9.53 Å². The Morgan fingerprint density at radius 3 is 2.67 bits per heavy atom. The van der Waals surface area contributed by atoms with Crippen LogP contribution in [0, 0.1) is 5.92 Å². The number of ether oxygens (including phenoxy) is 1. The van der Waals surface area contributed by atoms with Crippen LogP contribution in [-0.4, -0.2) is 32.1 Å². The molecule has 3 nitrogen and oxygen atoms in total. The second kappa shape index (κ2) is 10.1. The molecule has 0 aromatic carbocycles. The number of ketones is 1. The van der Waals surface area contributed by atoms with Crippen molar-refractivity contribution in [2.24, 2.45) is 5.92 Å². The van der Waals surface area contributed by atoms with Crippen molar-refractivity contribution < 1.29 is 11.0 Å². The molecule has 0 saturated heterocycles. The third-order valence-electron chi connectivity index (χ3n) is 2.50. The highest BCUT2D eigenvalue weighted by atomic mass is 16.5. The zero-order valence-corrected chi connectivity index (χ0v) is 10.3. The second-order valence-corrected chi connectivity index (χ2v) is 3.89. The van der Waals surface area contributed by atoms with Gasteiger partial charge < -0.3 is 10.1 Å². The molecule has 0 rings (SSSR count). The average molecular weight is 217 g/mol. The summed E-state index contributed by atoms with van der Waals surface area (Å²) in [6.07, 6.45) is 2.63. The lowest BCUT2D eigenvalue weighted by Crippen LogP contribution is -2.21. The van der Waals surface area contributed by atoms with E-state index < -0.39 is 0 Å². The first kappa shape index (κ1) is 14.6. The van der Waals surface area contributed by atoms with Gasteiger partial charge in [-0.05, 0) is 19.4 Å². The Kier molecular flexibility index (Phi) is 9.84. The highest BCUT2D eigenvalue weighted by Crippen LogP contribution is 2.04. The van der Waals surface area contributed by atoms with E-state index in [9.17, 15) is 4.79 Å². The molecule has 0 aliphatic heterocycles. The minimum absolute atomic E-state index is 0. The summed E-state index contributed by atoms with van der Waals surface area (Å²) in [4.78, 5) is 11.4. The summed E-state index contributed by atoms with van der Waals surface area (Å²) in [6, 6.07) is 0. The van der Waals surface area contributed by atoms with Gasteiger partial charge in [0.15, 0.2) is 0 Å². The Hall–Kier alpha value is -0.410. The molecular formula is C12H27NO2. The lowest BCUT2D eigenvalue weighted by molar-refractivity contribution is -0.123. The van der Waals surface area contributed by atoms with Crippen LogP contribution in [0.5, 0.6) is 0 Å². The maximum atomic E-state index is 11.4. The third kappa shape index (κ3) is 8.58. The van der Waals surface area contributed by atoms with Gasteiger partial charge in [0.05, 0.1) is 13.2 Å². The first-order chi connectivity index (χ1) is 7.22. The molecule has 0 fully saturated rings. The van der Waals surface area contributed by atoms with E-state index in [1.54, 1.807) is 0 Å². The van der Waals surface area contributed by atoms with Gasteiger partial charge in [0.1, 0.15) is 5.78 Å². The molecule has 0 amide bonds. The van der Waals surface area contributed by atoms with E-state index >= 15 is 0 Å². The number of nitrogens with one attached hydrogen (secondary N) is 1. The lowest BCUT2D eigenvalue weighted by atomic mass is 10.0. The predicted molar refractivity (Wildman–Crippen MR) is 65.2 cm³/mol. The molecule has 0 aromatic heterocycles. The number of carbonyl (C=O) groups excluding carboxylic acids is 1. The second-order valence-electron chi connectivity index (χ2n) is 3.89. The van der Waals surface area contributed by atoms with Crippen LogP contribution < -0.4 is 5.32 Å². The highest BCUT2D eigenvalue weighted by molar-refractivity contribution is 5.80. The number of rotatable bonds is 10. The summed E-state index contributed by atoms with van der Waals surface area (Å²) < 4.78 is 5.36. The molecule has 15 heavy (non-hydrogen) atoms. The van der Waals surface area contributed by atoms with Gasteiger partial charge in [0.2, 0.25) is 0 Å². The van der Waals surface area contributed by atoms with E-state index in [-0.39, 0.29) is 7.34 Å². The Labute approximate surface area is 95.1 Å². The van der Waals surface area contributed by atoms with Crippen molar-refractivity contribution in [1.82, 2.24) is 5.32 Å². The summed E-state index contributed by atoms with van der Waals surface area (Å²) in [5.74, 6) is 0.505. The summed E-state index contributed by atoms with van der Waals surface area (Å²) in [7, 11) is 0. The molecule has 0 spiro atoms. The summed E-state index contributed by atoms with van der Waals surface area (Å²) in [5.41, 5.74) is 0. The van der Waals surface area contributed by atoms with Crippen molar-refractivity contribution in [2.45, 2.75) is 40.0 Å². The number of Topliss-reactive ketones (excluding diaryl/α,β-unsaturated/α-hetero) is 1. The predicted octanol–water partition coefficient (Wildman–Crippen LogP) is 2.25. The molecule has 0 aliphatic carbocycles. The summed E-state index contributed by atoms with van der Waals surface area (Å²) >= 11 is 0. The van der Waals surface area contributed by atoms with E-state index in [1.165, 1.54) is 0 Å². The Morgan fingerprint density at radius 1 is 1.33 bits per heavy atom. The number of carbonyl (C=O) groups is 1. The fourth-order valence-corrected chi connectivity index (χ4v) is 1.20. The quantitative estimate of drug-likeness (QED) is 0.570. The van der Waals surface area contributed by atoms with Crippen LogP contribution in [0.4, 0.5) is 0 Å². The smallest absolute Gasteiger partial charge is 0.137 e. The van der Waals surface area contributed by atoms with Crippen molar-refractivity contribution in [3.05, 3.63) is 0 Å². The van der Waals surface area contributed by atoms with E-state index in [2.05, 4.69) is 12.2 Å². The van der Waals surface area contributed by atoms with Crippen molar-refractivity contribution in [1.29, 1.82) is 0 Å². The topological polar surface area (TPSA) is 38.3 Å². The first-order valence-electron chi connectivity index (χ1n) is 6.03. The molecule has 0 saturated carbocycles. The normalized spacial score (nSPS) is 12.7. The van der Waals surface area contributed by atoms with E-state index in [0.29, 0.717) is 25.4 Å². The SMILES string of the molecule is CCCNCCOCCC(=O)C(C)CC.[HH]. The van der Waals surface area contributed by atoms with Gasteiger partial charge in [-0.2, -0.15) is 0 Å². The van der Waals surface area contributed by atoms with Gasteiger partial charge in [-0.15, -0.1) is 0 Å². The van der Waals surface area contributed by atoms with Gasteiger partial charge in [-0.3, -0.25) is 4.79 Å². The minimum Gasteiger partial charge on any atom is -0.380 e. The molecular weight excluding hydrogens is 190 g/mol. The van der Waals surface area contributed by atoms with Gasteiger partial charge in [0.25, 0.3) is 0 Å². The molecule has 0 bridgehead atoms. The van der Waals surface area contributed by atoms with Crippen LogP contribution in [0.3, 0.4) is 0 Å². The molecule has 3 heteroatoms. The fraction of sp³-hybridized carbons (Fsp3) is 0.917. The Balaban J connectivity index is 0. The van der Waals surface area contributed by atoms with E-state index in [4.69, 9.17) is 4.74 Å². The van der Waals surface area contributed by atoms with Crippen molar-refractivity contribution in [2.75, 3.05) is 26.3 Å². The summed E-state index contributed by atoms with van der Waals surface area (Å²) in [5, 5.41) is 3.25. The fourth-order valence-electron chi connectivity index (χ4n) is 1.20. The zero-order chi connectivity index (χ0) is 11.5. The molecule has 0 radical (unpaired) electrons. The van der Waals surface area contributed by atoms with Gasteiger partial charge in [-0.1, -0.05) is 20.8 Å². The van der Waals surface area contributed by atoms with Crippen LogP contribution >= 0.6 is 0 Å². The lowest BCUT2D eigenvalue weighted by Gasteiger charge is -2.08. The highest BCUT2D eigenvalue weighted by Gasteiger charge is 2.09. The molecule has 1 atom stereocenters. The Bertz CT molecular complexity index is 165. The monoisotopic (exact) mass is 217 g/mol. The van der Waals surface area contributed by atoms with Crippen molar-refractivity contribution in [3.8, 4) is 0 Å². The van der Waals surface area contributed by atoms with Gasteiger partial charge in [0, 0.05) is 20.3 Å². The van der Waals surface area contributed by atoms with Crippen molar-refractivity contribution >= 4 is 5.78 Å². The molecule has 0 heterocycles. The number of hydrogen-bond donors (Lipinski definition) is 1. The third-order valence-corrected chi connectivity index (χ3v) is 2.50. The molecule has 1 N–H and O–H groups in total.